The number of nitrogens with zero attached hydrogens (tertiary/aromatic N) is 7. The molecule has 67 heavy (non-hydrogen) atoms. The molecule has 8 aromatic rings. The lowest BCUT2D eigenvalue weighted by Crippen LogP contribution is -2.36. The molecule has 3 aliphatic rings. The van der Waals surface area contributed by atoms with E-state index in [1.165, 1.54) is 36.4 Å². The average molecular weight is 965 g/mol. The highest BCUT2D eigenvalue weighted by Gasteiger charge is 2.41. The van der Waals surface area contributed by atoms with Crippen molar-refractivity contribution >= 4 is 66.2 Å². The van der Waals surface area contributed by atoms with Gasteiger partial charge in [-0.25, -0.2) is 18.7 Å². The van der Waals surface area contributed by atoms with Gasteiger partial charge in [0.1, 0.15) is 11.6 Å². The lowest BCUT2D eigenvalue weighted by atomic mass is 9.91. The zero-order chi connectivity index (χ0) is 46.9. The number of hydrogen-bond acceptors (Lipinski definition) is 10. The Labute approximate surface area is 393 Å². The summed E-state index contributed by atoms with van der Waals surface area (Å²) in [7, 11) is 0. The number of hydrogen-bond donors (Lipinski definition) is 2. The third-order valence-electron chi connectivity index (χ3n) is 12.9. The molecule has 0 amide bonds. The summed E-state index contributed by atoms with van der Waals surface area (Å²) in [5.74, 6) is -0.704. The quantitative estimate of drug-likeness (QED) is 0.172. The van der Waals surface area contributed by atoms with Gasteiger partial charge in [-0.1, -0.05) is 39.8 Å². The second-order valence-electron chi connectivity index (χ2n) is 18.7. The molecule has 1 saturated heterocycles. The molecule has 6 aromatic heterocycles. The Balaban J connectivity index is 0.000000159. The minimum Gasteiger partial charge on any atom is -0.378 e. The summed E-state index contributed by atoms with van der Waals surface area (Å²) >= 11 is 3.55. The van der Waals surface area contributed by atoms with Gasteiger partial charge in [0.15, 0.2) is 0 Å². The molecule has 0 radical (unpaired) electrons. The third kappa shape index (κ3) is 8.03. The summed E-state index contributed by atoms with van der Waals surface area (Å²) in [5.41, 5.74) is 11.6. The molecule has 2 N–H and O–H groups in total. The first-order valence-corrected chi connectivity index (χ1v) is 23.0. The lowest BCUT2D eigenvalue weighted by Gasteiger charge is -2.30. The standard InChI is InChI=1S/C28H28FN5O2.C24H20BrFN4O/c1-17-25(21-5-4-6-24(35)31-21)32-22-13-18(29)7-8-20(22)26(17)34-16-28(2,3)27-23(34)14-19(15-30-27)33-9-11-36-12-10-33;1-13-21(17-5-4-6-20(31)28-17)29-18-10-15(26)7-8-16(18)22(13)30-12-24(2,3)23-19(30)9-14(25)11-27-23/h4-8,13-15H,9-12,16H2,1-3H3,(H,31,35);4-11H,12H2,1-3H3,(H,28,31). The molecule has 15 heteroatoms. The highest BCUT2D eigenvalue weighted by Crippen LogP contribution is 2.50. The van der Waals surface area contributed by atoms with E-state index in [2.05, 4.69) is 80.4 Å². The van der Waals surface area contributed by atoms with E-state index in [9.17, 15) is 18.4 Å². The monoisotopic (exact) mass is 963 g/mol. The normalized spacial score (nSPS) is 16.0. The van der Waals surface area contributed by atoms with Crippen molar-refractivity contribution in [1.82, 2.24) is 29.9 Å². The molecule has 0 saturated carbocycles. The number of morpholine rings is 1. The van der Waals surface area contributed by atoms with E-state index in [1.807, 2.05) is 38.4 Å². The van der Waals surface area contributed by atoms with E-state index in [4.69, 9.17) is 24.7 Å². The van der Waals surface area contributed by atoms with Gasteiger partial charge in [-0.05, 0) is 78.3 Å². The summed E-state index contributed by atoms with van der Waals surface area (Å²) in [6, 6.07) is 23.6. The Bertz CT molecular complexity index is 3400. The molecule has 0 spiro atoms. The van der Waals surface area contributed by atoms with Crippen LogP contribution < -0.4 is 25.8 Å². The topological polar surface area (TPSA) is 136 Å². The number of pyridine rings is 6. The van der Waals surface area contributed by atoms with E-state index in [0.29, 0.717) is 60.1 Å². The fourth-order valence-corrected chi connectivity index (χ4v) is 10.2. The van der Waals surface area contributed by atoms with Crippen molar-refractivity contribution in [2.45, 2.75) is 52.4 Å². The Kier molecular flexibility index (Phi) is 11.0. The molecule has 1 fully saturated rings. The smallest absolute Gasteiger partial charge is 0.248 e. The molecule has 0 bridgehead atoms. The number of benzene rings is 2. The lowest BCUT2D eigenvalue weighted by molar-refractivity contribution is 0.122. The molecule has 0 unspecified atom stereocenters. The van der Waals surface area contributed by atoms with Crippen LogP contribution in [0.25, 0.3) is 44.6 Å². The largest absolute Gasteiger partial charge is 0.378 e. The molecule has 12 nitrogen and oxygen atoms in total. The Hall–Kier alpha value is -6.84. The maximum atomic E-state index is 14.3. The Morgan fingerprint density at radius 1 is 0.642 bits per heavy atom. The van der Waals surface area contributed by atoms with Crippen molar-refractivity contribution < 1.29 is 13.5 Å². The molecule has 9 heterocycles. The van der Waals surface area contributed by atoms with E-state index in [0.717, 1.165) is 79.3 Å². The van der Waals surface area contributed by atoms with Crippen LogP contribution in [0.3, 0.4) is 0 Å². The molecule has 3 aliphatic heterocycles. The maximum Gasteiger partial charge on any atom is 0.248 e. The van der Waals surface area contributed by atoms with Crippen LogP contribution >= 0.6 is 15.9 Å². The number of halogens is 3. The highest BCUT2D eigenvalue weighted by molar-refractivity contribution is 9.10. The first-order valence-electron chi connectivity index (χ1n) is 22.2. The summed E-state index contributed by atoms with van der Waals surface area (Å²) in [4.78, 5) is 55.7. The molecule has 11 rings (SSSR count). The molecule has 0 aliphatic carbocycles. The minimum atomic E-state index is -0.353. The van der Waals surface area contributed by atoms with E-state index in [1.54, 1.807) is 24.3 Å². The van der Waals surface area contributed by atoms with Crippen molar-refractivity contribution in [3.63, 3.8) is 0 Å². The fraction of sp³-hybridized carbons (Fsp3) is 0.269. The first kappa shape index (κ1) is 44.0. The van der Waals surface area contributed by atoms with E-state index in [-0.39, 0.29) is 33.6 Å². The van der Waals surface area contributed by atoms with Crippen LogP contribution in [0.15, 0.2) is 111 Å². The van der Waals surface area contributed by atoms with Crippen molar-refractivity contribution in [3.8, 4) is 22.8 Å². The van der Waals surface area contributed by atoms with Crippen molar-refractivity contribution in [2.24, 2.45) is 0 Å². The summed E-state index contributed by atoms with van der Waals surface area (Å²) in [5, 5.41) is 1.71. The van der Waals surface area contributed by atoms with E-state index < -0.39 is 0 Å². The highest BCUT2D eigenvalue weighted by atomic mass is 79.9. The van der Waals surface area contributed by atoms with Gasteiger partial charge in [0.25, 0.3) is 0 Å². The number of fused-ring (bicyclic) bond motifs is 4. The Morgan fingerprint density at radius 2 is 1.12 bits per heavy atom. The Morgan fingerprint density at radius 3 is 1.61 bits per heavy atom. The first-order chi connectivity index (χ1) is 32.1. The van der Waals surface area contributed by atoms with Crippen LogP contribution in [0.1, 0.15) is 50.2 Å². The number of aromatic amines is 2. The van der Waals surface area contributed by atoms with Gasteiger partial charge in [0, 0.05) is 93.8 Å². The number of anilines is 5. The van der Waals surface area contributed by atoms with Gasteiger partial charge >= 0.3 is 0 Å². The van der Waals surface area contributed by atoms with Crippen LogP contribution in [0.2, 0.25) is 0 Å². The minimum absolute atomic E-state index is 0.167. The number of aromatic nitrogens is 6. The van der Waals surface area contributed by atoms with Crippen molar-refractivity contribution in [2.75, 3.05) is 54.1 Å². The fourth-order valence-electron chi connectivity index (χ4n) is 9.85. The van der Waals surface area contributed by atoms with Gasteiger partial charge in [0.05, 0.1) is 93.0 Å². The van der Waals surface area contributed by atoms with Crippen LogP contribution in [0.5, 0.6) is 0 Å². The van der Waals surface area contributed by atoms with E-state index >= 15 is 0 Å². The molecular weight excluding hydrogens is 917 g/mol. The zero-order valence-corrected chi connectivity index (χ0v) is 39.6. The predicted octanol–water partition coefficient (Wildman–Crippen LogP) is 10.3. The van der Waals surface area contributed by atoms with Crippen LogP contribution in [-0.2, 0) is 15.6 Å². The van der Waals surface area contributed by atoms with Gasteiger partial charge < -0.3 is 29.4 Å². The molecular formula is C52H48BrF2N9O3. The summed E-state index contributed by atoms with van der Waals surface area (Å²) < 4.78 is 34.9. The summed E-state index contributed by atoms with van der Waals surface area (Å²) in [6.45, 7) is 17.2. The second-order valence-corrected chi connectivity index (χ2v) is 19.6. The number of rotatable bonds is 5. The molecule has 0 atom stereocenters. The van der Waals surface area contributed by atoms with Gasteiger partial charge in [-0.15, -0.1) is 0 Å². The van der Waals surface area contributed by atoms with Crippen molar-refractivity contribution in [3.05, 3.63) is 157 Å². The zero-order valence-electron chi connectivity index (χ0n) is 38.0. The summed E-state index contributed by atoms with van der Waals surface area (Å²) in [6.07, 6.45) is 3.78. The van der Waals surface area contributed by atoms with Crippen LogP contribution in [-0.4, -0.2) is 69.3 Å². The van der Waals surface area contributed by atoms with Crippen LogP contribution in [0, 0.1) is 25.5 Å². The number of ether oxygens (including phenoxy) is 1. The van der Waals surface area contributed by atoms with Crippen molar-refractivity contribution in [1.29, 1.82) is 0 Å². The third-order valence-corrected chi connectivity index (χ3v) is 13.4. The second kappa shape index (κ2) is 16.8. The van der Waals surface area contributed by atoms with Gasteiger partial charge in [-0.3, -0.25) is 19.6 Å². The predicted molar refractivity (Wildman–Crippen MR) is 264 cm³/mol. The SMILES string of the molecule is Cc1c(-c2cccc(=O)[nH]2)nc2cc(F)ccc2c1N1CC(C)(C)c2ncc(Br)cc21.Cc1c(-c2cccc(=O)[nH]2)nc2cc(F)ccc2c1N1CC(C)(C)c2ncc(N3CCOCC3)cc21. The van der Waals surface area contributed by atoms with Crippen LogP contribution in [0.4, 0.5) is 37.2 Å². The molecule has 2 aromatic carbocycles. The average Bonchev–Trinajstić information content (AvgIpc) is 3.72. The maximum absolute atomic E-state index is 14.3. The molecule has 340 valence electrons. The number of nitrogens with one attached hydrogen (secondary N) is 2. The number of H-pyrrole nitrogens is 2. The van der Waals surface area contributed by atoms with Gasteiger partial charge in [-0.2, -0.15) is 0 Å². The van der Waals surface area contributed by atoms with Gasteiger partial charge in [0.2, 0.25) is 11.1 Å².